The number of fused-ring (bicyclic) bond motifs is 5. The van der Waals surface area contributed by atoms with Crippen LogP contribution in [0.1, 0.15) is 143 Å². The van der Waals surface area contributed by atoms with Crippen LogP contribution in [-0.2, 0) is 9.53 Å². The molecule has 36 heavy (non-hydrogen) atoms. The second-order valence-electron chi connectivity index (χ2n) is 13.5. The van der Waals surface area contributed by atoms with Crippen LogP contribution in [0.5, 0.6) is 0 Å². The highest BCUT2D eigenvalue weighted by Gasteiger charge is 2.58. The molecule has 3 saturated carbocycles. The monoisotopic (exact) mass is 562 g/mol. The predicted octanol–water partition coefficient (Wildman–Crippen LogP) is 10.2. The van der Waals surface area contributed by atoms with Crippen LogP contribution >= 0.6 is 15.9 Å². The highest BCUT2D eigenvalue weighted by molar-refractivity contribution is 9.10. The molecule has 0 aliphatic heterocycles. The van der Waals surface area contributed by atoms with Crippen LogP contribution in [0.15, 0.2) is 11.6 Å². The highest BCUT2D eigenvalue weighted by Crippen LogP contribution is 2.66. The molecule has 206 valence electrons. The Morgan fingerprint density at radius 1 is 0.972 bits per heavy atom. The molecule has 0 N–H and O–H groups in total. The molecule has 0 heterocycles. The molecule has 0 spiro atoms. The number of hydrogen-bond donors (Lipinski definition) is 0. The van der Waals surface area contributed by atoms with Crippen LogP contribution in [0.2, 0.25) is 0 Å². The molecule has 0 radical (unpaired) electrons. The Morgan fingerprint density at radius 2 is 1.72 bits per heavy atom. The van der Waals surface area contributed by atoms with Gasteiger partial charge in [-0.1, -0.05) is 107 Å². The van der Waals surface area contributed by atoms with Gasteiger partial charge in [-0.2, -0.15) is 0 Å². The van der Waals surface area contributed by atoms with Crippen molar-refractivity contribution in [3.63, 3.8) is 0 Å². The summed E-state index contributed by atoms with van der Waals surface area (Å²) < 4.78 is 6.02. The average Bonchev–Trinajstić information content (AvgIpc) is 3.21. The van der Waals surface area contributed by atoms with E-state index in [-0.39, 0.29) is 16.9 Å². The summed E-state index contributed by atoms with van der Waals surface area (Å²) in [5.74, 6) is 3.58. The number of hydrogen-bond acceptors (Lipinski definition) is 2. The summed E-state index contributed by atoms with van der Waals surface area (Å²) in [5, 5.41) is 0. The normalized spacial score (nSPS) is 38.5. The van der Waals surface area contributed by atoms with Crippen molar-refractivity contribution in [2.45, 2.75) is 154 Å². The first-order valence-corrected chi connectivity index (χ1v) is 16.8. The molecule has 3 heteroatoms. The smallest absolute Gasteiger partial charge is 0.320 e. The Bertz CT molecular complexity index is 761. The Hall–Kier alpha value is -0.310. The lowest BCUT2D eigenvalue weighted by atomic mass is 9.47. The molecule has 3 fully saturated rings. The minimum absolute atomic E-state index is 0.0397. The second kappa shape index (κ2) is 12.7. The number of alkyl halides is 1. The summed E-state index contributed by atoms with van der Waals surface area (Å²) in [6.45, 7) is 9.75. The topological polar surface area (TPSA) is 26.3 Å². The van der Waals surface area contributed by atoms with Gasteiger partial charge in [-0.05, 0) is 92.3 Å². The number of unbranched alkanes of at least 4 members (excludes halogenated alkanes) is 6. The average molecular weight is 564 g/mol. The van der Waals surface area contributed by atoms with Crippen molar-refractivity contribution in [1.29, 1.82) is 0 Å². The first kappa shape index (κ1) is 28.7. The quantitative estimate of drug-likeness (QED) is 0.102. The molecule has 0 aromatic rings. The third kappa shape index (κ3) is 5.96. The molecule has 0 aromatic carbocycles. The number of esters is 1. The molecular formula is C33H55BrO2. The zero-order valence-electron chi connectivity index (χ0n) is 24.0. The van der Waals surface area contributed by atoms with Gasteiger partial charge in [0, 0.05) is 6.42 Å². The van der Waals surface area contributed by atoms with Crippen molar-refractivity contribution in [3.8, 4) is 0 Å². The largest absolute Gasteiger partial charge is 0.461 e. The zero-order valence-corrected chi connectivity index (χ0v) is 25.5. The fourth-order valence-electron chi connectivity index (χ4n) is 9.22. The Balaban J connectivity index is 1.34. The minimum atomic E-state index is -0.141. The number of allylic oxidation sites excluding steroid dienone is 1. The van der Waals surface area contributed by atoms with Crippen LogP contribution in [0.25, 0.3) is 0 Å². The van der Waals surface area contributed by atoms with Crippen molar-refractivity contribution < 1.29 is 9.53 Å². The number of carbonyl (C=O) groups excluding carboxylic acids is 1. The van der Waals surface area contributed by atoms with E-state index in [0.29, 0.717) is 10.8 Å². The van der Waals surface area contributed by atoms with Crippen LogP contribution in [-0.4, -0.2) is 16.9 Å². The first-order chi connectivity index (χ1) is 17.3. The molecule has 8 unspecified atom stereocenters. The van der Waals surface area contributed by atoms with Crippen LogP contribution in [0.4, 0.5) is 0 Å². The minimum Gasteiger partial charge on any atom is -0.461 e. The summed E-state index contributed by atoms with van der Waals surface area (Å²) in [6.07, 6.45) is 26.1. The van der Waals surface area contributed by atoms with Gasteiger partial charge in [-0.15, -0.1) is 0 Å². The lowest BCUT2D eigenvalue weighted by molar-refractivity contribution is -0.150. The molecule has 2 nitrogen and oxygen atoms in total. The van der Waals surface area contributed by atoms with E-state index in [4.69, 9.17) is 4.74 Å². The Labute approximate surface area is 231 Å². The maximum atomic E-state index is 12.6. The van der Waals surface area contributed by atoms with Gasteiger partial charge >= 0.3 is 5.97 Å². The number of rotatable bonds is 12. The molecular weight excluding hydrogens is 508 g/mol. The summed E-state index contributed by atoms with van der Waals surface area (Å²) in [6, 6.07) is 0. The Morgan fingerprint density at radius 3 is 2.50 bits per heavy atom. The van der Waals surface area contributed by atoms with E-state index < -0.39 is 0 Å². The van der Waals surface area contributed by atoms with Gasteiger partial charge in [0.2, 0.25) is 0 Å². The lowest BCUT2D eigenvalue weighted by Crippen LogP contribution is -2.50. The zero-order chi connectivity index (χ0) is 25.8. The number of ether oxygens (including phenoxy) is 1. The van der Waals surface area contributed by atoms with Crippen LogP contribution < -0.4 is 0 Å². The molecule has 0 bridgehead atoms. The second-order valence-corrected chi connectivity index (χ2v) is 14.7. The molecule has 0 saturated heterocycles. The summed E-state index contributed by atoms with van der Waals surface area (Å²) in [7, 11) is 0. The molecule has 4 aliphatic rings. The molecule has 8 atom stereocenters. The third-order valence-electron chi connectivity index (χ3n) is 11.5. The van der Waals surface area contributed by atoms with E-state index in [9.17, 15) is 4.79 Å². The summed E-state index contributed by atoms with van der Waals surface area (Å²) in [5.41, 5.74) is 2.54. The van der Waals surface area contributed by atoms with E-state index in [1.54, 1.807) is 5.57 Å². The fourth-order valence-corrected chi connectivity index (χ4v) is 9.65. The number of halogens is 1. The van der Waals surface area contributed by atoms with E-state index in [1.807, 2.05) is 0 Å². The van der Waals surface area contributed by atoms with Crippen molar-refractivity contribution >= 4 is 21.9 Å². The first-order valence-electron chi connectivity index (χ1n) is 15.9. The van der Waals surface area contributed by atoms with Gasteiger partial charge in [-0.3, -0.25) is 4.79 Å². The standard InChI is InChI=1S/C33H55BrO2/c1-5-7-9-10-11-12-13-24-16-18-28-27-17-15-25-23-26(36-31(35)30(34)14-8-6-2)19-21-33(25,4)29(27)20-22-32(24,28)3/h15,24,26-30H,5-14,16-23H2,1-4H3. The van der Waals surface area contributed by atoms with E-state index in [1.165, 1.54) is 83.5 Å². The van der Waals surface area contributed by atoms with E-state index in [0.717, 1.165) is 55.8 Å². The summed E-state index contributed by atoms with van der Waals surface area (Å²) in [4.78, 5) is 12.5. The van der Waals surface area contributed by atoms with E-state index in [2.05, 4.69) is 49.7 Å². The number of carbonyl (C=O) groups is 1. The van der Waals surface area contributed by atoms with Crippen molar-refractivity contribution in [1.82, 2.24) is 0 Å². The van der Waals surface area contributed by atoms with Crippen molar-refractivity contribution in [2.24, 2.45) is 34.5 Å². The maximum Gasteiger partial charge on any atom is 0.320 e. The van der Waals surface area contributed by atoms with Crippen molar-refractivity contribution in [2.75, 3.05) is 0 Å². The maximum absolute atomic E-state index is 12.6. The van der Waals surface area contributed by atoms with Gasteiger partial charge in [-0.25, -0.2) is 0 Å². The van der Waals surface area contributed by atoms with Crippen LogP contribution in [0, 0.1) is 34.5 Å². The Kier molecular flexibility index (Phi) is 10.1. The molecule has 0 amide bonds. The summed E-state index contributed by atoms with van der Waals surface area (Å²) >= 11 is 3.57. The van der Waals surface area contributed by atoms with Crippen molar-refractivity contribution in [3.05, 3.63) is 11.6 Å². The van der Waals surface area contributed by atoms with Crippen LogP contribution in [0.3, 0.4) is 0 Å². The molecule has 4 aliphatic carbocycles. The van der Waals surface area contributed by atoms with E-state index >= 15 is 0 Å². The molecule has 0 aromatic heterocycles. The van der Waals surface area contributed by atoms with Gasteiger partial charge in [0.1, 0.15) is 10.9 Å². The van der Waals surface area contributed by atoms with Gasteiger partial charge in [0.05, 0.1) is 0 Å². The highest BCUT2D eigenvalue weighted by atomic mass is 79.9. The molecule has 4 rings (SSSR count). The van der Waals surface area contributed by atoms with Gasteiger partial charge < -0.3 is 4.74 Å². The lowest BCUT2D eigenvalue weighted by Gasteiger charge is -2.58. The predicted molar refractivity (Wildman–Crippen MR) is 155 cm³/mol. The fraction of sp³-hybridized carbons (Fsp3) is 0.909. The van der Waals surface area contributed by atoms with Gasteiger partial charge in [0.25, 0.3) is 0 Å². The third-order valence-corrected chi connectivity index (χ3v) is 12.3. The van der Waals surface area contributed by atoms with Gasteiger partial charge in [0.15, 0.2) is 0 Å². The SMILES string of the molecule is CCCCCCCCC1CCC2C3CC=C4CC(OC(=O)C(Br)CCCC)CCC4(C)C3CCC12C.